The van der Waals surface area contributed by atoms with Gasteiger partial charge in [-0.15, -0.1) is 0 Å². The van der Waals surface area contributed by atoms with Crippen molar-refractivity contribution in [3.63, 3.8) is 0 Å². The Kier molecular flexibility index (Phi) is 3.57. The summed E-state index contributed by atoms with van der Waals surface area (Å²) in [6, 6.07) is 14.0. The molecule has 4 aromatic rings. The van der Waals surface area contributed by atoms with E-state index in [4.69, 9.17) is 0 Å². The van der Waals surface area contributed by atoms with Crippen molar-refractivity contribution in [2.24, 2.45) is 7.05 Å². The lowest BCUT2D eigenvalue weighted by Crippen LogP contribution is -1.98. The zero-order chi connectivity index (χ0) is 17.4. The molecule has 2 aromatic heterocycles. The van der Waals surface area contributed by atoms with Crippen LogP contribution in [0, 0.1) is 5.82 Å². The van der Waals surface area contributed by atoms with Crippen LogP contribution in [0.4, 0.5) is 16.0 Å². The van der Waals surface area contributed by atoms with Gasteiger partial charge in [0.1, 0.15) is 0 Å². The third-order valence-corrected chi connectivity index (χ3v) is 4.03. The van der Waals surface area contributed by atoms with Gasteiger partial charge in [-0.2, -0.15) is 0 Å². The molecule has 0 aliphatic heterocycles. The van der Waals surface area contributed by atoms with Gasteiger partial charge >= 0.3 is 0 Å². The van der Waals surface area contributed by atoms with Crippen molar-refractivity contribution in [2.45, 2.75) is 0 Å². The van der Waals surface area contributed by atoms with Crippen LogP contribution in [0.2, 0.25) is 0 Å². The summed E-state index contributed by atoms with van der Waals surface area (Å²) in [7, 11) is 1.99. The van der Waals surface area contributed by atoms with E-state index in [0.717, 1.165) is 22.2 Å². The van der Waals surface area contributed by atoms with Gasteiger partial charge in [0, 0.05) is 47.7 Å². The van der Waals surface area contributed by atoms with Crippen LogP contribution in [-0.4, -0.2) is 19.6 Å². The van der Waals surface area contributed by atoms with Gasteiger partial charge < -0.3 is 15.0 Å². The molecule has 0 bridgehead atoms. The molecule has 2 aromatic carbocycles. The molecule has 0 radical (unpaired) electrons. The molecule has 6 heteroatoms. The second kappa shape index (κ2) is 5.90. The lowest BCUT2D eigenvalue weighted by atomic mass is 10.1. The highest BCUT2D eigenvalue weighted by atomic mass is 19.1. The van der Waals surface area contributed by atoms with E-state index in [1.807, 2.05) is 31.4 Å². The van der Waals surface area contributed by atoms with E-state index in [9.17, 15) is 9.50 Å². The first kappa shape index (κ1) is 15.1. The lowest BCUT2D eigenvalue weighted by Gasteiger charge is -2.07. The number of fused-ring (bicyclic) bond motifs is 1. The highest BCUT2D eigenvalue weighted by molar-refractivity contribution is 5.95. The SMILES string of the molecule is Cn1cc(-c2ccnc(Nc3ccc(O)c(F)c3)n2)c2ccccc21. The van der Waals surface area contributed by atoms with Gasteiger partial charge in [-0.05, 0) is 24.3 Å². The Bertz CT molecular complexity index is 1070. The number of rotatable bonds is 3. The van der Waals surface area contributed by atoms with E-state index in [1.165, 1.54) is 12.1 Å². The fourth-order valence-electron chi connectivity index (χ4n) is 2.83. The number of phenols is 1. The van der Waals surface area contributed by atoms with Crippen LogP contribution in [0.3, 0.4) is 0 Å². The molecule has 5 nitrogen and oxygen atoms in total. The zero-order valence-corrected chi connectivity index (χ0v) is 13.4. The average molecular weight is 334 g/mol. The third-order valence-electron chi connectivity index (χ3n) is 4.03. The predicted molar refractivity (Wildman–Crippen MR) is 95.3 cm³/mol. The van der Waals surface area contributed by atoms with Crippen molar-refractivity contribution in [2.75, 3.05) is 5.32 Å². The number of halogens is 1. The summed E-state index contributed by atoms with van der Waals surface area (Å²) in [5, 5.41) is 13.3. The molecule has 0 saturated heterocycles. The lowest BCUT2D eigenvalue weighted by molar-refractivity contribution is 0.432. The average Bonchev–Trinajstić information content (AvgIpc) is 2.96. The van der Waals surface area contributed by atoms with Crippen molar-refractivity contribution < 1.29 is 9.50 Å². The van der Waals surface area contributed by atoms with Crippen molar-refractivity contribution in [1.82, 2.24) is 14.5 Å². The van der Waals surface area contributed by atoms with Crippen LogP contribution in [0.1, 0.15) is 0 Å². The van der Waals surface area contributed by atoms with Gasteiger partial charge in [0.05, 0.1) is 5.69 Å². The molecule has 0 saturated carbocycles. The minimum Gasteiger partial charge on any atom is -0.505 e. The molecule has 2 N–H and O–H groups in total. The molecule has 124 valence electrons. The summed E-state index contributed by atoms with van der Waals surface area (Å²) in [5.74, 6) is -0.735. The van der Waals surface area contributed by atoms with Crippen LogP contribution < -0.4 is 5.32 Å². The molecule has 0 unspecified atom stereocenters. The van der Waals surface area contributed by atoms with Gasteiger partial charge in [-0.3, -0.25) is 0 Å². The van der Waals surface area contributed by atoms with Crippen LogP contribution in [0.15, 0.2) is 60.9 Å². The summed E-state index contributed by atoms with van der Waals surface area (Å²) >= 11 is 0. The molecule has 0 aliphatic rings. The van der Waals surface area contributed by atoms with Gasteiger partial charge in [0.15, 0.2) is 11.6 Å². The Hall–Kier alpha value is -3.41. The number of nitrogens with zero attached hydrogens (tertiary/aromatic N) is 3. The van der Waals surface area contributed by atoms with Gasteiger partial charge in [-0.1, -0.05) is 18.2 Å². The first-order valence-electron chi connectivity index (χ1n) is 7.75. The molecule has 0 fully saturated rings. The molecule has 0 spiro atoms. The first-order valence-corrected chi connectivity index (χ1v) is 7.75. The van der Waals surface area contributed by atoms with Crippen molar-refractivity contribution in [1.29, 1.82) is 0 Å². The number of benzene rings is 2. The van der Waals surface area contributed by atoms with Crippen LogP contribution in [-0.2, 0) is 7.05 Å². The fourth-order valence-corrected chi connectivity index (χ4v) is 2.83. The zero-order valence-electron chi connectivity index (χ0n) is 13.4. The Labute approximate surface area is 143 Å². The van der Waals surface area contributed by atoms with Crippen LogP contribution >= 0.6 is 0 Å². The summed E-state index contributed by atoms with van der Waals surface area (Å²) in [4.78, 5) is 8.72. The monoisotopic (exact) mass is 334 g/mol. The molecule has 0 amide bonds. The second-order valence-corrected chi connectivity index (χ2v) is 5.73. The molecule has 0 aliphatic carbocycles. The number of hydrogen-bond donors (Lipinski definition) is 2. The summed E-state index contributed by atoms with van der Waals surface area (Å²) in [6.07, 6.45) is 3.68. The summed E-state index contributed by atoms with van der Waals surface area (Å²) in [6.45, 7) is 0. The highest BCUT2D eigenvalue weighted by Crippen LogP contribution is 2.29. The van der Waals surface area contributed by atoms with E-state index in [-0.39, 0.29) is 0 Å². The number of aromatic nitrogens is 3. The Morgan fingerprint density at radius 3 is 2.80 bits per heavy atom. The van der Waals surface area contributed by atoms with Crippen LogP contribution in [0.5, 0.6) is 5.75 Å². The standard InChI is InChI=1S/C19H15FN4O/c1-24-11-14(13-4-2-3-5-17(13)24)16-8-9-21-19(23-16)22-12-6-7-18(25)15(20)10-12/h2-11,25H,1H3,(H,21,22,23). The third kappa shape index (κ3) is 2.78. The topological polar surface area (TPSA) is 63.0 Å². The molecular formula is C19H15FN4O. The largest absolute Gasteiger partial charge is 0.505 e. The number of nitrogens with one attached hydrogen (secondary N) is 1. The Morgan fingerprint density at radius 1 is 1.12 bits per heavy atom. The van der Waals surface area contributed by atoms with Gasteiger partial charge in [0.2, 0.25) is 5.95 Å². The van der Waals surface area contributed by atoms with E-state index in [2.05, 4.69) is 32.0 Å². The molecular weight excluding hydrogens is 319 g/mol. The minimum atomic E-state index is -0.699. The van der Waals surface area contributed by atoms with Crippen LogP contribution in [0.25, 0.3) is 22.2 Å². The van der Waals surface area contributed by atoms with Gasteiger partial charge in [-0.25, -0.2) is 14.4 Å². The number of anilines is 2. The van der Waals surface area contributed by atoms with Crippen molar-refractivity contribution in [3.05, 3.63) is 66.7 Å². The minimum absolute atomic E-state index is 0.357. The van der Waals surface area contributed by atoms with Crippen molar-refractivity contribution >= 4 is 22.5 Å². The van der Waals surface area contributed by atoms with E-state index >= 15 is 0 Å². The fraction of sp³-hybridized carbons (Fsp3) is 0.0526. The predicted octanol–water partition coefficient (Wildman–Crippen LogP) is 4.22. The quantitative estimate of drug-likeness (QED) is 0.551. The van der Waals surface area contributed by atoms with E-state index < -0.39 is 11.6 Å². The number of hydrogen-bond acceptors (Lipinski definition) is 4. The van der Waals surface area contributed by atoms with Gasteiger partial charge in [0.25, 0.3) is 0 Å². The number of aromatic hydroxyl groups is 1. The number of aryl methyl sites for hydroxylation is 1. The van der Waals surface area contributed by atoms with Crippen molar-refractivity contribution in [3.8, 4) is 17.0 Å². The number of para-hydroxylation sites is 1. The van der Waals surface area contributed by atoms with E-state index in [1.54, 1.807) is 12.3 Å². The first-order chi connectivity index (χ1) is 12.1. The summed E-state index contributed by atoms with van der Waals surface area (Å²) < 4.78 is 15.5. The number of phenolic OH excluding ortho intramolecular Hbond substituents is 1. The smallest absolute Gasteiger partial charge is 0.227 e. The maximum Gasteiger partial charge on any atom is 0.227 e. The molecule has 2 heterocycles. The second-order valence-electron chi connectivity index (χ2n) is 5.73. The Balaban J connectivity index is 1.72. The maximum atomic E-state index is 13.5. The van der Waals surface area contributed by atoms with E-state index in [0.29, 0.717) is 11.6 Å². The Morgan fingerprint density at radius 2 is 1.96 bits per heavy atom. The maximum absolute atomic E-state index is 13.5. The highest BCUT2D eigenvalue weighted by Gasteiger charge is 2.11. The normalized spacial score (nSPS) is 11.0. The molecule has 0 atom stereocenters. The molecule has 4 rings (SSSR count). The summed E-state index contributed by atoms with van der Waals surface area (Å²) in [5.41, 5.74) is 3.35. The molecule has 25 heavy (non-hydrogen) atoms.